The molecular formula is C16H23NO3. The van der Waals surface area contributed by atoms with Gasteiger partial charge >= 0.3 is 0 Å². The lowest BCUT2D eigenvalue weighted by Crippen LogP contribution is -2.77. The average Bonchev–Trinajstić information content (AvgIpc) is 2.64. The maximum atomic E-state index is 12.2. The summed E-state index contributed by atoms with van der Waals surface area (Å²) in [6.07, 6.45) is 9.10. The molecule has 1 aliphatic carbocycles. The zero-order chi connectivity index (χ0) is 14.4. The van der Waals surface area contributed by atoms with Crippen molar-refractivity contribution >= 4 is 5.91 Å². The van der Waals surface area contributed by atoms with Gasteiger partial charge in [-0.15, -0.1) is 6.58 Å². The number of hydrogen-bond acceptors (Lipinski definition) is 3. The van der Waals surface area contributed by atoms with Crippen LogP contribution in [-0.2, 0) is 9.53 Å². The molecule has 2 saturated heterocycles. The van der Waals surface area contributed by atoms with Crippen LogP contribution in [-0.4, -0.2) is 34.9 Å². The van der Waals surface area contributed by atoms with Gasteiger partial charge in [0.2, 0.25) is 5.91 Å². The van der Waals surface area contributed by atoms with Gasteiger partial charge in [0.1, 0.15) is 11.1 Å². The lowest BCUT2D eigenvalue weighted by Gasteiger charge is -2.58. The van der Waals surface area contributed by atoms with Gasteiger partial charge in [-0.05, 0) is 25.7 Å². The summed E-state index contributed by atoms with van der Waals surface area (Å²) in [5.74, 6) is -0.343. The van der Waals surface area contributed by atoms with Crippen LogP contribution in [0.25, 0.3) is 0 Å². The lowest BCUT2D eigenvalue weighted by atomic mass is 9.63. The van der Waals surface area contributed by atoms with Crippen LogP contribution >= 0.6 is 0 Å². The number of carbonyl (C=O) groups excluding carboxylic acids is 1. The van der Waals surface area contributed by atoms with Crippen molar-refractivity contribution in [3.05, 3.63) is 24.8 Å². The van der Waals surface area contributed by atoms with Crippen molar-refractivity contribution in [2.75, 3.05) is 6.61 Å². The summed E-state index contributed by atoms with van der Waals surface area (Å²) < 4.78 is 5.84. The van der Waals surface area contributed by atoms with Gasteiger partial charge in [0.25, 0.3) is 0 Å². The molecule has 1 amide bonds. The molecule has 0 bridgehead atoms. The fourth-order valence-electron chi connectivity index (χ4n) is 4.24. The van der Waals surface area contributed by atoms with Crippen LogP contribution in [0.5, 0.6) is 0 Å². The predicted octanol–water partition coefficient (Wildman–Crippen LogP) is 1.55. The molecule has 5 atom stereocenters. The minimum absolute atomic E-state index is 0.0711. The highest BCUT2D eigenvalue weighted by atomic mass is 16.5. The Morgan fingerprint density at radius 3 is 3.00 bits per heavy atom. The first kappa shape index (κ1) is 13.8. The Kier molecular flexibility index (Phi) is 3.26. The molecule has 0 spiro atoms. The highest BCUT2D eigenvalue weighted by molar-refractivity contribution is 5.87. The Morgan fingerprint density at radius 2 is 2.50 bits per heavy atom. The zero-order valence-corrected chi connectivity index (χ0v) is 12.0. The van der Waals surface area contributed by atoms with Crippen LogP contribution < -0.4 is 5.32 Å². The molecule has 2 N–H and O–H groups in total. The Morgan fingerprint density at radius 1 is 1.70 bits per heavy atom. The second-order valence-electron chi connectivity index (χ2n) is 6.17. The Balaban J connectivity index is 1.94. The third kappa shape index (κ3) is 1.52. The molecule has 4 nitrogen and oxygen atoms in total. The van der Waals surface area contributed by atoms with Gasteiger partial charge in [-0.25, -0.2) is 0 Å². The van der Waals surface area contributed by atoms with Crippen LogP contribution in [0.2, 0.25) is 0 Å². The molecule has 2 fully saturated rings. The van der Waals surface area contributed by atoms with Crippen molar-refractivity contribution in [2.45, 2.75) is 49.9 Å². The normalized spacial score (nSPS) is 44.4. The van der Waals surface area contributed by atoms with Crippen LogP contribution in [0.15, 0.2) is 24.8 Å². The number of aliphatic hydroxyl groups excluding tert-OH is 1. The minimum Gasteiger partial charge on any atom is -0.390 e. The van der Waals surface area contributed by atoms with Crippen LogP contribution in [0.1, 0.15) is 32.6 Å². The quantitative estimate of drug-likeness (QED) is 0.767. The molecule has 2 aliphatic heterocycles. The number of fused-ring (bicyclic) bond motifs is 1. The first-order valence-corrected chi connectivity index (χ1v) is 7.54. The average molecular weight is 277 g/mol. The van der Waals surface area contributed by atoms with Crippen molar-refractivity contribution in [3.63, 3.8) is 0 Å². The van der Waals surface area contributed by atoms with Gasteiger partial charge in [-0.3, -0.25) is 4.79 Å². The molecule has 0 aromatic rings. The van der Waals surface area contributed by atoms with E-state index in [2.05, 4.69) is 24.0 Å². The van der Waals surface area contributed by atoms with E-state index in [4.69, 9.17) is 4.74 Å². The summed E-state index contributed by atoms with van der Waals surface area (Å²) in [4.78, 5) is 12.2. The standard InChI is InChI=1S/C16H23NO3/c1-3-12-14(19)17-15(10-20-16(12,15)4-2)13(18)11-8-6-5-7-9-11/h3,6,8,11-13,18H,1,4-5,7,9-10H2,2H3,(H,17,19)/t11?,12-,13?,15+,16-/m0/s1. The first-order chi connectivity index (χ1) is 9.61. The van der Waals surface area contributed by atoms with Crippen molar-refractivity contribution in [3.8, 4) is 0 Å². The Bertz CT molecular complexity index is 457. The molecule has 0 saturated carbocycles. The second-order valence-corrected chi connectivity index (χ2v) is 6.17. The third-order valence-electron chi connectivity index (χ3n) is 5.41. The molecule has 4 heteroatoms. The maximum absolute atomic E-state index is 12.2. The topological polar surface area (TPSA) is 58.6 Å². The van der Waals surface area contributed by atoms with Crippen LogP contribution in [0, 0.1) is 11.8 Å². The van der Waals surface area contributed by atoms with Gasteiger partial charge in [0.05, 0.1) is 18.6 Å². The number of aliphatic hydroxyl groups is 1. The third-order valence-corrected chi connectivity index (χ3v) is 5.41. The number of carbonyl (C=O) groups is 1. The van der Waals surface area contributed by atoms with Gasteiger partial charge in [-0.2, -0.15) is 0 Å². The smallest absolute Gasteiger partial charge is 0.230 e. The molecular weight excluding hydrogens is 254 g/mol. The van der Waals surface area contributed by atoms with E-state index in [9.17, 15) is 9.90 Å². The molecule has 2 heterocycles. The monoisotopic (exact) mass is 277 g/mol. The number of nitrogens with one attached hydrogen (secondary N) is 1. The molecule has 0 radical (unpaired) electrons. The predicted molar refractivity (Wildman–Crippen MR) is 76.0 cm³/mol. The number of allylic oxidation sites excluding steroid dienone is 1. The summed E-state index contributed by atoms with van der Waals surface area (Å²) in [5, 5.41) is 13.9. The number of rotatable bonds is 4. The molecule has 110 valence electrons. The summed E-state index contributed by atoms with van der Waals surface area (Å²) >= 11 is 0. The molecule has 3 rings (SSSR count). The molecule has 20 heavy (non-hydrogen) atoms. The van der Waals surface area contributed by atoms with Gasteiger partial charge in [0.15, 0.2) is 0 Å². The summed E-state index contributed by atoms with van der Waals surface area (Å²) in [5.41, 5.74) is -1.28. The Hall–Kier alpha value is -1.13. The number of ether oxygens (including phenoxy) is 1. The van der Waals surface area contributed by atoms with E-state index in [-0.39, 0.29) is 17.7 Å². The second kappa shape index (κ2) is 4.71. The van der Waals surface area contributed by atoms with E-state index in [0.717, 1.165) is 19.3 Å². The van der Waals surface area contributed by atoms with E-state index < -0.39 is 17.2 Å². The van der Waals surface area contributed by atoms with Crippen molar-refractivity contribution in [2.24, 2.45) is 11.8 Å². The Labute approximate surface area is 119 Å². The van der Waals surface area contributed by atoms with Crippen LogP contribution in [0.3, 0.4) is 0 Å². The van der Waals surface area contributed by atoms with Crippen molar-refractivity contribution in [1.82, 2.24) is 5.32 Å². The van der Waals surface area contributed by atoms with E-state index in [1.165, 1.54) is 0 Å². The zero-order valence-electron chi connectivity index (χ0n) is 12.0. The van der Waals surface area contributed by atoms with Crippen molar-refractivity contribution < 1.29 is 14.6 Å². The maximum Gasteiger partial charge on any atom is 0.230 e. The van der Waals surface area contributed by atoms with Gasteiger partial charge < -0.3 is 15.2 Å². The van der Waals surface area contributed by atoms with E-state index in [0.29, 0.717) is 13.0 Å². The van der Waals surface area contributed by atoms with Crippen molar-refractivity contribution in [1.29, 1.82) is 0 Å². The van der Waals surface area contributed by atoms with Gasteiger partial charge in [-0.1, -0.05) is 25.2 Å². The highest BCUT2D eigenvalue weighted by Gasteiger charge is 2.73. The minimum atomic E-state index is -0.649. The molecule has 3 aliphatic rings. The largest absolute Gasteiger partial charge is 0.390 e. The van der Waals surface area contributed by atoms with E-state index in [1.807, 2.05) is 6.92 Å². The lowest BCUT2D eigenvalue weighted by molar-refractivity contribution is -0.259. The summed E-state index contributed by atoms with van der Waals surface area (Å²) in [6, 6.07) is 0. The SMILES string of the molecule is C=C[C@H]1C(=O)N[C@@]2(C(O)C3C=CCCC3)CO[C@@]12CC. The summed E-state index contributed by atoms with van der Waals surface area (Å²) in [7, 11) is 0. The molecule has 0 aromatic heterocycles. The van der Waals surface area contributed by atoms with Crippen LogP contribution in [0.4, 0.5) is 0 Å². The fraction of sp³-hybridized carbons (Fsp3) is 0.688. The molecule has 0 aromatic carbocycles. The number of amides is 1. The van der Waals surface area contributed by atoms with Gasteiger partial charge in [0, 0.05) is 5.92 Å². The number of hydrogen-bond donors (Lipinski definition) is 2. The summed E-state index contributed by atoms with van der Waals surface area (Å²) in [6.45, 7) is 6.17. The van der Waals surface area contributed by atoms with E-state index in [1.54, 1.807) is 6.08 Å². The molecule has 2 unspecified atom stereocenters. The highest BCUT2D eigenvalue weighted by Crippen LogP contribution is 2.53. The fourth-order valence-corrected chi connectivity index (χ4v) is 4.24. The first-order valence-electron chi connectivity index (χ1n) is 7.54. The van der Waals surface area contributed by atoms with E-state index >= 15 is 0 Å².